The Morgan fingerprint density at radius 2 is 2.00 bits per heavy atom. The molecular weight excluding hydrogens is 251 g/mol. The van der Waals surface area contributed by atoms with E-state index >= 15 is 0 Å². The lowest BCUT2D eigenvalue weighted by atomic mass is 9.90. The third kappa shape index (κ3) is 1.75. The topological polar surface area (TPSA) is 17.8 Å². The second-order valence-corrected chi connectivity index (χ2v) is 4.74. The van der Waals surface area contributed by atoms with Crippen molar-refractivity contribution in [3.05, 3.63) is 15.5 Å². The Hall–Kier alpha value is -0.0600. The summed E-state index contributed by atoms with van der Waals surface area (Å²) in [6.45, 7) is 6.60. The van der Waals surface area contributed by atoms with Crippen LogP contribution in [0, 0.1) is 3.70 Å². The quantitative estimate of drug-likeness (QED) is 0.657. The van der Waals surface area contributed by atoms with Crippen LogP contribution in [-0.4, -0.2) is 9.78 Å². The summed E-state index contributed by atoms with van der Waals surface area (Å²) in [5.41, 5.74) is 1.53. The molecule has 0 bridgehead atoms. The maximum atomic E-state index is 4.19. The molecule has 0 aliphatic heterocycles. The first kappa shape index (κ1) is 9.03. The molecule has 3 heteroatoms. The first-order valence-electron chi connectivity index (χ1n) is 3.61. The molecule has 0 fully saturated rings. The minimum atomic E-state index is 0.213. The Kier molecular flexibility index (Phi) is 2.27. The van der Waals surface area contributed by atoms with E-state index in [1.54, 1.807) is 0 Å². The molecule has 2 nitrogen and oxygen atoms in total. The molecule has 0 amide bonds. The summed E-state index contributed by atoms with van der Waals surface area (Å²) in [4.78, 5) is 0. The van der Waals surface area contributed by atoms with Crippen LogP contribution in [0.25, 0.3) is 0 Å². The fourth-order valence-electron chi connectivity index (χ4n) is 0.926. The lowest BCUT2D eigenvalue weighted by Gasteiger charge is -2.16. The van der Waals surface area contributed by atoms with Crippen LogP contribution in [0.4, 0.5) is 0 Å². The van der Waals surface area contributed by atoms with Crippen molar-refractivity contribution >= 4 is 22.6 Å². The summed E-state index contributed by atoms with van der Waals surface area (Å²) in [5.74, 6) is 0. The van der Waals surface area contributed by atoms with E-state index in [9.17, 15) is 0 Å². The largest absolute Gasteiger partial charge is 0.262 e. The number of rotatable bonds is 0. The highest BCUT2D eigenvalue weighted by atomic mass is 127. The van der Waals surface area contributed by atoms with Gasteiger partial charge < -0.3 is 0 Å². The molecule has 0 spiro atoms. The van der Waals surface area contributed by atoms with Crippen LogP contribution in [0.15, 0.2) is 6.20 Å². The monoisotopic (exact) mass is 264 g/mol. The summed E-state index contributed by atoms with van der Waals surface area (Å²) < 4.78 is 3.14. The van der Waals surface area contributed by atoms with Gasteiger partial charge >= 0.3 is 0 Å². The van der Waals surface area contributed by atoms with Gasteiger partial charge in [-0.05, 0) is 28.0 Å². The van der Waals surface area contributed by atoms with Gasteiger partial charge in [0.05, 0.1) is 6.20 Å². The molecule has 1 heterocycles. The van der Waals surface area contributed by atoms with Gasteiger partial charge in [0.1, 0.15) is 3.70 Å². The molecule has 0 aromatic carbocycles. The zero-order valence-corrected chi connectivity index (χ0v) is 9.51. The Morgan fingerprint density at radius 1 is 1.45 bits per heavy atom. The number of aryl methyl sites for hydroxylation is 1. The number of nitrogens with zero attached hydrogens (tertiary/aromatic N) is 2. The van der Waals surface area contributed by atoms with Crippen LogP contribution in [0.1, 0.15) is 26.3 Å². The number of hydrogen-bond acceptors (Lipinski definition) is 1. The molecule has 0 N–H and O–H groups in total. The highest BCUT2D eigenvalue weighted by Crippen LogP contribution is 2.25. The fourth-order valence-corrected chi connectivity index (χ4v) is 2.00. The van der Waals surface area contributed by atoms with Gasteiger partial charge in [0.25, 0.3) is 0 Å². The standard InChI is InChI=1S/C8H13IN2/c1-8(2,3)6-5-10-11(4)7(6)9/h5H,1-4H3. The normalized spacial score (nSPS) is 12.1. The Morgan fingerprint density at radius 3 is 2.18 bits per heavy atom. The summed E-state index contributed by atoms with van der Waals surface area (Å²) in [5, 5.41) is 4.19. The molecule has 0 atom stereocenters. The SMILES string of the molecule is Cn1ncc(C(C)(C)C)c1I. The summed E-state index contributed by atoms with van der Waals surface area (Å²) in [6, 6.07) is 0. The van der Waals surface area contributed by atoms with Crippen molar-refractivity contribution in [2.75, 3.05) is 0 Å². The van der Waals surface area contributed by atoms with Crippen molar-refractivity contribution in [2.24, 2.45) is 7.05 Å². The third-order valence-corrected chi connectivity index (χ3v) is 2.95. The molecule has 0 radical (unpaired) electrons. The Balaban J connectivity index is 3.15. The van der Waals surface area contributed by atoms with Crippen molar-refractivity contribution < 1.29 is 0 Å². The van der Waals surface area contributed by atoms with E-state index in [1.807, 2.05) is 17.9 Å². The van der Waals surface area contributed by atoms with Crippen molar-refractivity contribution in [2.45, 2.75) is 26.2 Å². The second kappa shape index (κ2) is 2.77. The predicted molar refractivity (Wildman–Crippen MR) is 54.6 cm³/mol. The molecule has 0 aliphatic carbocycles. The van der Waals surface area contributed by atoms with Gasteiger partial charge in [0.2, 0.25) is 0 Å². The fraction of sp³-hybridized carbons (Fsp3) is 0.625. The summed E-state index contributed by atoms with van der Waals surface area (Å²) in [6.07, 6.45) is 1.95. The van der Waals surface area contributed by atoms with Crippen LogP contribution in [0.2, 0.25) is 0 Å². The minimum absolute atomic E-state index is 0.213. The van der Waals surface area contributed by atoms with Crippen LogP contribution in [0.5, 0.6) is 0 Å². The van der Waals surface area contributed by atoms with Crippen molar-refractivity contribution in [3.8, 4) is 0 Å². The van der Waals surface area contributed by atoms with Gasteiger partial charge in [-0.2, -0.15) is 5.10 Å². The van der Waals surface area contributed by atoms with Gasteiger partial charge in [-0.25, -0.2) is 0 Å². The Bertz CT molecular complexity index is 258. The van der Waals surface area contributed by atoms with Crippen molar-refractivity contribution in [1.29, 1.82) is 0 Å². The van der Waals surface area contributed by atoms with Gasteiger partial charge in [-0.3, -0.25) is 4.68 Å². The molecular formula is C8H13IN2. The average Bonchev–Trinajstić information content (AvgIpc) is 2.11. The van der Waals surface area contributed by atoms with Gasteiger partial charge in [-0.15, -0.1) is 0 Å². The lowest BCUT2D eigenvalue weighted by molar-refractivity contribution is 0.584. The molecule has 0 saturated heterocycles. The first-order chi connectivity index (χ1) is 4.93. The summed E-state index contributed by atoms with van der Waals surface area (Å²) >= 11 is 2.33. The Labute approximate surface area is 81.1 Å². The van der Waals surface area contributed by atoms with Gasteiger partial charge in [0, 0.05) is 12.6 Å². The molecule has 0 unspecified atom stereocenters. The number of halogens is 1. The molecule has 11 heavy (non-hydrogen) atoms. The first-order valence-corrected chi connectivity index (χ1v) is 4.69. The second-order valence-electron chi connectivity index (χ2n) is 3.72. The maximum Gasteiger partial charge on any atom is 0.102 e. The molecule has 1 aromatic heterocycles. The maximum absolute atomic E-state index is 4.19. The van der Waals surface area contributed by atoms with E-state index in [0.717, 1.165) is 0 Å². The van der Waals surface area contributed by atoms with Crippen molar-refractivity contribution in [1.82, 2.24) is 9.78 Å². The van der Waals surface area contributed by atoms with Crippen LogP contribution in [-0.2, 0) is 12.5 Å². The van der Waals surface area contributed by atoms with Crippen LogP contribution < -0.4 is 0 Å². The smallest absolute Gasteiger partial charge is 0.102 e. The zero-order chi connectivity index (χ0) is 8.65. The number of hydrogen-bond donors (Lipinski definition) is 0. The van der Waals surface area contributed by atoms with Gasteiger partial charge in [-0.1, -0.05) is 20.8 Å². The van der Waals surface area contributed by atoms with E-state index in [-0.39, 0.29) is 5.41 Å². The number of aromatic nitrogens is 2. The minimum Gasteiger partial charge on any atom is -0.262 e. The van der Waals surface area contributed by atoms with E-state index in [4.69, 9.17) is 0 Å². The van der Waals surface area contributed by atoms with Crippen LogP contribution >= 0.6 is 22.6 Å². The molecule has 1 aromatic rings. The van der Waals surface area contributed by atoms with E-state index in [2.05, 4.69) is 48.5 Å². The predicted octanol–water partition coefficient (Wildman–Crippen LogP) is 2.32. The zero-order valence-electron chi connectivity index (χ0n) is 7.35. The van der Waals surface area contributed by atoms with Crippen LogP contribution in [0.3, 0.4) is 0 Å². The van der Waals surface area contributed by atoms with Gasteiger partial charge in [0.15, 0.2) is 0 Å². The highest BCUT2D eigenvalue weighted by molar-refractivity contribution is 14.1. The molecule has 0 aliphatic rings. The highest BCUT2D eigenvalue weighted by Gasteiger charge is 2.19. The molecule has 62 valence electrons. The summed E-state index contributed by atoms with van der Waals surface area (Å²) in [7, 11) is 1.97. The van der Waals surface area contributed by atoms with Crippen molar-refractivity contribution in [3.63, 3.8) is 0 Å². The van der Waals surface area contributed by atoms with E-state index in [1.165, 1.54) is 9.26 Å². The average molecular weight is 264 g/mol. The molecule has 0 saturated carbocycles. The molecule has 1 rings (SSSR count). The van der Waals surface area contributed by atoms with E-state index in [0.29, 0.717) is 0 Å². The lowest BCUT2D eigenvalue weighted by Crippen LogP contribution is -2.12. The van der Waals surface area contributed by atoms with E-state index < -0.39 is 0 Å². The third-order valence-electron chi connectivity index (χ3n) is 1.67.